The third-order valence-corrected chi connectivity index (χ3v) is 3.68. The van der Waals surface area contributed by atoms with Gasteiger partial charge in [-0.3, -0.25) is 4.79 Å². The van der Waals surface area contributed by atoms with E-state index < -0.39 is 0 Å². The van der Waals surface area contributed by atoms with Crippen LogP contribution in [0.1, 0.15) is 17.3 Å². The number of thioether (sulfide) groups is 1. The molecule has 15 heavy (non-hydrogen) atoms. The maximum absolute atomic E-state index is 11.7. The van der Waals surface area contributed by atoms with Gasteiger partial charge in [0.15, 0.2) is 0 Å². The maximum atomic E-state index is 11.7. The molecule has 0 bridgehead atoms. The van der Waals surface area contributed by atoms with E-state index in [2.05, 4.69) is 34.8 Å². The molecule has 0 aliphatic carbocycles. The van der Waals surface area contributed by atoms with Crippen molar-refractivity contribution in [1.82, 2.24) is 5.32 Å². The fourth-order valence-corrected chi connectivity index (χ4v) is 1.84. The Morgan fingerprint density at radius 1 is 1.60 bits per heavy atom. The van der Waals surface area contributed by atoms with Crippen molar-refractivity contribution in [3.05, 3.63) is 33.4 Å². The lowest BCUT2D eigenvalue weighted by Crippen LogP contribution is -2.29. The number of benzene rings is 1. The van der Waals surface area contributed by atoms with Crippen LogP contribution in [-0.4, -0.2) is 24.0 Å². The zero-order valence-electron chi connectivity index (χ0n) is 8.79. The highest BCUT2D eigenvalue weighted by Gasteiger charge is 2.06. The van der Waals surface area contributed by atoms with Crippen molar-refractivity contribution in [1.29, 1.82) is 0 Å². The van der Waals surface area contributed by atoms with E-state index in [0.717, 1.165) is 9.13 Å². The summed E-state index contributed by atoms with van der Waals surface area (Å²) < 4.78 is 1.08. The van der Waals surface area contributed by atoms with Crippen molar-refractivity contribution in [3.63, 3.8) is 0 Å². The van der Waals surface area contributed by atoms with E-state index in [-0.39, 0.29) is 5.91 Å². The SMILES string of the molecule is CSC(C)CNC(=O)c1cccc(I)c1. The molecule has 82 valence electrons. The second-order valence-corrected chi connectivity index (χ2v) is 5.79. The van der Waals surface area contributed by atoms with Crippen molar-refractivity contribution in [2.75, 3.05) is 12.8 Å². The Bertz CT molecular complexity index is 343. The van der Waals surface area contributed by atoms with Crippen molar-refractivity contribution in [3.8, 4) is 0 Å². The van der Waals surface area contributed by atoms with Gasteiger partial charge < -0.3 is 5.32 Å². The predicted molar refractivity (Wildman–Crippen MR) is 74.5 cm³/mol. The zero-order valence-corrected chi connectivity index (χ0v) is 11.8. The number of carbonyl (C=O) groups excluding carboxylic acids is 1. The Hall–Kier alpha value is -0.230. The molecule has 1 unspecified atom stereocenters. The van der Waals surface area contributed by atoms with Crippen LogP contribution in [0.15, 0.2) is 24.3 Å². The van der Waals surface area contributed by atoms with E-state index in [1.54, 1.807) is 11.8 Å². The van der Waals surface area contributed by atoms with Crippen molar-refractivity contribution in [2.45, 2.75) is 12.2 Å². The van der Waals surface area contributed by atoms with Crippen molar-refractivity contribution < 1.29 is 4.79 Å². The molecule has 0 saturated carbocycles. The van der Waals surface area contributed by atoms with Crippen LogP contribution in [0.5, 0.6) is 0 Å². The van der Waals surface area contributed by atoms with Gasteiger partial charge in [0, 0.05) is 20.9 Å². The highest BCUT2D eigenvalue weighted by atomic mass is 127. The van der Waals surface area contributed by atoms with E-state index in [0.29, 0.717) is 11.8 Å². The summed E-state index contributed by atoms with van der Waals surface area (Å²) in [4.78, 5) is 11.7. The minimum atomic E-state index is 0.00872. The first kappa shape index (κ1) is 12.8. The molecule has 1 atom stereocenters. The third kappa shape index (κ3) is 4.42. The average molecular weight is 335 g/mol. The second-order valence-electron chi connectivity index (χ2n) is 3.27. The number of nitrogens with one attached hydrogen (secondary N) is 1. The minimum absolute atomic E-state index is 0.00872. The lowest BCUT2D eigenvalue weighted by Gasteiger charge is -2.09. The smallest absolute Gasteiger partial charge is 0.251 e. The number of hydrogen-bond donors (Lipinski definition) is 1. The average Bonchev–Trinajstić information content (AvgIpc) is 2.25. The number of rotatable bonds is 4. The highest BCUT2D eigenvalue weighted by Crippen LogP contribution is 2.08. The summed E-state index contributed by atoms with van der Waals surface area (Å²) in [7, 11) is 0. The van der Waals surface area contributed by atoms with Crippen molar-refractivity contribution in [2.24, 2.45) is 0 Å². The highest BCUT2D eigenvalue weighted by molar-refractivity contribution is 14.1. The van der Waals surface area contributed by atoms with Gasteiger partial charge in [-0.15, -0.1) is 0 Å². The lowest BCUT2D eigenvalue weighted by atomic mass is 10.2. The van der Waals surface area contributed by atoms with Crippen LogP contribution >= 0.6 is 34.4 Å². The summed E-state index contributed by atoms with van der Waals surface area (Å²) in [5.74, 6) is 0.00872. The van der Waals surface area contributed by atoms with Crippen LogP contribution in [0.2, 0.25) is 0 Å². The van der Waals surface area contributed by atoms with Gasteiger partial charge in [-0.2, -0.15) is 11.8 Å². The van der Waals surface area contributed by atoms with Gasteiger partial charge in [-0.05, 0) is 47.0 Å². The van der Waals surface area contributed by atoms with E-state index in [1.807, 2.05) is 30.5 Å². The molecule has 1 amide bonds. The predicted octanol–water partition coefficient (Wildman–Crippen LogP) is 2.77. The Kier molecular flexibility index (Phi) is 5.45. The molecule has 0 aliphatic rings. The maximum Gasteiger partial charge on any atom is 0.251 e. The van der Waals surface area contributed by atoms with E-state index >= 15 is 0 Å². The molecule has 1 N–H and O–H groups in total. The Balaban J connectivity index is 2.54. The Morgan fingerprint density at radius 2 is 2.33 bits per heavy atom. The van der Waals surface area contributed by atoms with E-state index in [9.17, 15) is 4.79 Å². The Labute approximate surface area is 108 Å². The minimum Gasteiger partial charge on any atom is -0.351 e. The van der Waals surface area contributed by atoms with E-state index in [1.165, 1.54) is 0 Å². The van der Waals surface area contributed by atoms with Gasteiger partial charge in [-0.1, -0.05) is 13.0 Å². The molecule has 4 heteroatoms. The molecule has 1 aromatic rings. The molecule has 0 radical (unpaired) electrons. The van der Waals surface area contributed by atoms with Gasteiger partial charge in [0.1, 0.15) is 0 Å². The molecule has 0 aromatic heterocycles. The quantitative estimate of drug-likeness (QED) is 0.858. The van der Waals surface area contributed by atoms with Gasteiger partial charge in [0.2, 0.25) is 0 Å². The molecule has 0 saturated heterocycles. The van der Waals surface area contributed by atoms with Gasteiger partial charge >= 0.3 is 0 Å². The number of halogens is 1. The summed E-state index contributed by atoms with van der Waals surface area (Å²) in [5, 5.41) is 3.37. The van der Waals surface area contributed by atoms with Crippen LogP contribution < -0.4 is 5.32 Å². The molecule has 2 nitrogen and oxygen atoms in total. The molecular weight excluding hydrogens is 321 g/mol. The molecule has 1 aromatic carbocycles. The van der Waals surface area contributed by atoms with Gasteiger partial charge in [0.05, 0.1) is 0 Å². The largest absolute Gasteiger partial charge is 0.351 e. The lowest BCUT2D eigenvalue weighted by molar-refractivity contribution is 0.0954. The van der Waals surface area contributed by atoms with Crippen molar-refractivity contribution >= 4 is 40.3 Å². The Morgan fingerprint density at radius 3 is 2.93 bits per heavy atom. The summed E-state index contributed by atoms with van der Waals surface area (Å²) in [6.07, 6.45) is 2.04. The van der Waals surface area contributed by atoms with Gasteiger partial charge in [-0.25, -0.2) is 0 Å². The second kappa shape index (κ2) is 6.37. The summed E-state index contributed by atoms with van der Waals surface area (Å²) in [6, 6.07) is 7.59. The summed E-state index contributed by atoms with van der Waals surface area (Å²) >= 11 is 3.95. The summed E-state index contributed by atoms with van der Waals surface area (Å²) in [6.45, 7) is 2.81. The first-order valence-corrected chi connectivity index (χ1v) is 7.06. The topological polar surface area (TPSA) is 29.1 Å². The molecule has 0 heterocycles. The normalized spacial score (nSPS) is 12.2. The summed E-state index contributed by atoms with van der Waals surface area (Å²) in [5.41, 5.74) is 0.732. The molecule has 0 fully saturated rings. The molecule has 1 rings (SSSR count). The van der Waals surface area contributed by atoms with Crippen LogP contribution in [0.25, 0.3) is 0 Å². The zero-order chi connectivity index (χ0) is 11.3. The van der Waals surface area contributed by atoms with Crippen LogP contribution in [0.4, 0.5) is 0 Å². The van der Waals surface area contributed by atoms with Crippen LogP contribution in [-0.2, 0) is 0 Å². The fraction of sp³-hybridized carbons (Fsp3) is 0.364. The monoisotopic (exact) mass is 335 g/mol. The third-order valence-electron chi connectivity index (χ3n) is 2.04. The van der Waals surface area contributed by atoms with Crippen LogP contribution in [0, 0.1) is 3.57 Å². The fourth-order valence-electron chi connectivity index (χ4n) is 1.05. The molecular formula is C11H14INOS. The number of carbonyl (C=O) groups is 1. The first-order chi connectivity index (χ1) is 7.13. The van der Waals surface area contributed by atoms with Gasteiger partial charge in [0.25, 0.3) is 5.91 Å². The van der Waals surface area contributed by atoms with Crippen LogP contribution in [0.3, 0.4) is 0 Å². The molecule has 0 spiro atoms. The first-order valence-electron chi connectivity index (χ1n) is 4.70. The van der Waals surface area contributed by atoms with E-state index in [4.69, 9.17) is 0 Å². The number of hydrogen-bond acceptors (Lipinski definition) is 2. The standard InChI is InChI=1S/C11H14INOS/c1-8(15-2)7-13-11(14)9-4-3-5-10(12)6-9/h3-6,8H,7H2,1-2H3,(H,13,14). The molecule has 0 aliphatic heterocycles. The number of amides is 1.